The minimum atomic E-state index is -3.41. The van der Waals surface area contributed by atoms with Crippen LogP contribution in [0.4, 0.5) is 8.78 Å². The zero-order valence-corrected chi connectivity index (χ0v) is 18.5. The highest BCUT2D eigenvalue weighted by molar-refractivity contribution is 7.90. The van der Waals surface area contributed by atoms with E-state index in [9.17, 15) is 27.1 Å². The van der Waals surface area contributed by atoms with Gasteiger partial charge in [-0.2, -0.15) is 9.78 Å². The number of halogens is 2. The van der Waals surface area contributed by atoms with Gasteiger partial charge in [-0.05, 0) is 43.7 Å². The first kappa shape index (κ1) is 23.6. The number of aromatic nitrogens is 2. The zero-order chi connectivity index (χ0) is 23.7. The topological polar surface area (TPSA) is 98.5 Å². The Balaban J connectivity index is 2.10. The van der Waals surface area contributed by atoms with Gasteiger partial charge in [0, 0.05) is 24.3 Å². The summed E-state index contributed by atoms with van der Waals surface area (Å²) in [5.74, 6) is -2.33. The lowest BCUT2D eigenvalue weighted by Gasteiger charge is -2.18. The number of rotatable bonds is 7. The van der Waals surface area contributed by atoms with E-state index in [4.69, 9.17) is 4.74 Å². The van der Waals surface area contributed by atoms with Crippen LogP contribution in [0.15, 0.2) is 58.4 Å². The second kappa shape index (κ2) is 8.79. The van der Waals surface area contributed by atoms with Crippen LogP contribution >= 0.6 is 0 Å². The van der Waals surface area contributed by atoms with E-state index in [0.717, 1.165) is 23.1 Å². The van der Waals surface area contributed by atoms with Gasteiger partial charge in [-0.25, -0.2) is 17.2 Å². The summed E-state index contributed by atoms with van der Waals surface area (Å²) in [4.78, 5) is 13.2. The fourth-order valence-electron chi connectivity index (χ4n) is 2.87. The molecule has 0 amide bonds. The lowest BCUT2D eigenvalue weighted by molar-refractivity contribution is 0.0551. The van der Waals surface area contributed by atoms with Crippen molar-refractivity contribution < 1.29 is 27.0 Å². The van der Waals surface area contributed by atoms with E-state index >= 15 is 0 Å². The van der Waals surface area contributed by atoms with E-state index < -0.39 is 32.6 Å². The van der Waals surface area contributed by atoms with Gasteiger partial charge in [-0.15, -0.1) is 0 Å². The molecule has 1 aromatic heterocycles. The smallest absolute Gasteiger partial charge is 0.314 e. The maximum atomic E-state index is 13.7. The minimum absolute atomic E-state index is 0.000197. The summed E-state index contributed by atoms with van der Waals surface area (Å²) in [7, 11) is -3.41. The Morgan fingerprint density at radius 2 is 1.78 bits per heavy atom. The summed E-state index contributed by atoms with van der Waals surface area (Å²) in [5, 5.41) is 14.0. The number of benzene rings is 2. The first-order chi connectivity index (χ1) is 14.9. The minimum Gasteiger partial charge on any atom is -0.487 e. The van der Waals surface area contributed by atoms with Crippen LogP contribution in [0.5, 0.6) is 5.75 Å². The van der Waals surface area contributed by atoms with Gasteiger partial charge in [0.15, 0.2) is 27.2 Å². The Bertz CT molecular complexity index is 1300. The van der Waals surface area contributed by atoms with E-state index in [1.807, 2.05) is 0 Å². The van der Waals surface area contributed by atoms with Gasteiger partial charge in [0.2, 0.25) is 0 Å². The molecule has 0 bridgehead atoms. The second-order valence-corrected chi connectivity index (χ2v) is 9.93. The van der Waals surface area contributed by atoms with Crippen molar-refractivity contribution in [3.63, 3.8) is 0 Å². The first-order valence-electron chi connectivity index (χ1n) is 9.60. The molecule has 0 aliphatic heterocycles. The third-order valence-corrected chi connectivity index (χ3v) is 5.76. The molecule has 0 saturated heterocycles. The molecule has 3 aromatic rings. The lowest BCUT2D eigenvalue weighted by Crippen LogP contribution is -2.26. The summed E-state index contributed by atoms with van der Waals surface area (Å²) >= 11 is 0. The molecule has 0 spiro atoms. The third-order valence-electron chi connectivity index (χ3n) is 4.64. The van der Waals surface area contributed by atoms with Gasteiger partial charge < -0.3 is 9.84 Å². The number of sulfone groups is 1. The predicted molar refractivity (Wildman–Crippen MR) is 115 cm³/mol. The molecule has 0 aliphatic rings. The van der Waals surface area contributed by atoms with Crippen LogP contribution in [0.1, 0.15) is 20.3 Å². The molecule has 0 unspecified atom stereocenters. The highest BCUT2D eigenvalue weighted by Crippen LogP contribution is 2.28. The molecule has 0 fully saturated rings. The normalized spacial score (nSPS) is 12.1. The van der Waals surface area contributed by atoms with E-state index in [1.54, 1.807) is 13.8 Å². The quantitative estimate of drug-likeness (QED) is 0.581. The molecule has 7 nitrogen and oxygen atoms in total. The van der Waals surface area contributed by atoms with Crippen LogP contribution in [-0.4, -0.2) is 41.8 Å². The molecule has 1 N–H and O–H groups in total. The average molecular weight is 462 g/mol. The van der Waals surface area contributed by atoms with Crippen LogP contribution in [0.3, 0.4) is 0 Å². The number of aliphatic hydroxyl groups is 1. The van der Waals surface area contributed by atoms with Crippen molar-refractivity contribution in [1.29, 1.82) is 0 Å². The van der Waals surface area contributed by atoms with Crippen molar-refractivity contribution in [3.8, 4) is 22.6 Å². The van der Waals surface area contributed by atoms with Gasteiger partial charge in [-0.3, -0.25) is 4.79 Å². The molecule has 3 rings (SSSR count). The van der Waals surface area contributed by atoms with Crippen LogP contribution in [0.2, 0.25) is 0 Å². The van der Waals surface area contributed by atoms with E-state index in [0.29, 0.717) is 5.56 Å². The fraction of sp³-hybridized carbons (Fsp3) is 0.273. The molecule has 0 aliphatic carbocycles. The Labute approximate surface area is 183 Å². The van der Waals surface area contributed by atoms with Crippen molar-refractivity contribution in [2.24, 2.45) is 0 Å². The molecule has 0 saturated carbocycles. The summed E-state index contributed by atoms with van der Waals surface area (Å²) < 4.78 is 57.0. The highest BCUT2D eigenvalue weighted by atomic mass is 32.2. The van der Waals surface area contributed by atoms with E-state index in [-0.39, 0.29) is 34.9 Å². The molecular formula is C22H22F2N2O5S. The maximum absolute atomic E-state index is 13.7. The van der Waals surface area contributed by atoms with E-state index in [2.05, 4.69) is 5.10 Å². The first-order valence-corrected chi connectivity index (χ1v) is 11.5. The van der Waals surface area contributed by atoms with E-state index in [1.165, 1.54) is 36.5 Å². The van der Waals surface area contributed by atoms with Crippen molar-refractivity contribution in [3.05, 3.63) is 70.6 Å². The van der Waals surface area contributed by atoms with Gasteiger partial charge in [-0.1, -0.05) is 12.1 Å². The Morgan fingerprint density at radius 1 is 1.12 bits per heavy atom. The summed E-state index contributed by atoms with van der Waals surface area (Å²) in [6.07, 6.45) is 2.61. The Morgan fingerprint density at radius 3 is 2.34 bits per heavy atom. The van der Waals surface area contributed by atoms with Crippen LogP contribution in [0.25, 0.3) is 16.8 Å². The summed E-state index contributed by atoms with van der Waals surface area (Å²) in [6, 6.07) is 8.73. The van der Waals surface area contributed by atoms with Gasteiger partial charge in [0.05, 0.1) is 29.0 Å². The number of hydrogen-bond acceptors (Lipinski definition) is 6. The number of nitrogens with zero attached hydrogens (tertiary/aromatic N) is 2. The van der Waals surface area contributed by atoms with Crippen LogP contribution < -0.4 is 10.3 Å². The maximum Gasteiger partial charge on any atom is 0.314 e. The molecule has 170 valence electrons. The fourth-order valence-corrected chi connectivity index (χ4v) is 3.50. The standard InChI is InChI=1S/C22H22F2N2O5S/c1-22(2,28)10-11-31-20-17(14-4-7-16(8-5-14)32(3,29)30)13-25-26(21(20)27)15-6-9-18(23)19(24)12-15/h4-9,12-13,28H,10-11H2,1-3H3/i21-3. The lowest BCUT2D eigenvalue weighted by atomic mass is 8.61. The number of ether oxygens (including phenoxy) is 1. The predicted octanol–water partition coefficient (Wildman–Crippen LogP) is 3.12. The SMILES string of the molecule is CC(C)(O)CCOc1c(-c2ccc(S(C)(=O)=O)cc2)cnn(-c2ccc(F)c(F)c2)[9c]1=O. The third kappa shape index (κ3) is 5.38. The number of hydrogen-bond donors (Lipinski definition) is 1. The Hall–Kier alpha value is -3.11. The molecular weight excluding hydrogens is 439 g/mol. The van der Waals surface area contributed by atoms with Crippen molar-refractivity contribution in [1.82, 2.24) is 9.78 Å². The molecule has 32 heavy (non-hydrogen) atoms. The zero-order valence-electron chi connectivity index (χ0n) is 17.7. The van der Waals surface area contributed by atoms with Gasteiger partial charge in [0.25, 0.3) is 0 Å². The Kier molecular flexibility index (Phi) is 6.47. The summed E-state index contributed by atoms with van der Waals surface area (Å²) in [6.45, 7) is 3.18. The molecule has 2 aromatic carbocycles. The average Bonchev–Trinajstić information content (AvgIpc) is 2.70. The van der Waals surface area contributed by atoms with Gasteiger partial charge >= 0.3 is 5.56 Å². The van der Waals surface area contributed by atoms with Crippen molar-refractivity contribution >= 4 is 9.84 Å². The second-order valence-electron chi connectivity index (χ2n) is 7.91. The molecule has 0 atom stereocenters. The molecule has 0 radical (unpaired) electrons. The van der Waals surface area contributed by atoms with Crippen LogP contribution in [-0.2, 0) is 9.84 Å². The van der Waals surface area contributed by atoms with Gasteiger partial charge in [0.1, 0.15) is 0 Å². The molecule has 1 heterocycles. The molecule has 10 heteroatoms. The van der Waals surface area contributed by atoms with Crippen LogP contribution in [0, 0.1) is 11.6 Å². The monoisotopic (exact) mass is 461 g/mol. The highest BCUT2D eigenvalue weighted by Gasteiger charge is 2.19. The summed E-state index contributed by atoms with van der Waals surface area (Å²) in [5.41, 5.74) is -1.01. The van der Waals surface area contributed by atoms with Crippen molar-refractivity contribution in [2.75, 3.05) is 12.9 Å². The van der Waals surface area contributed by atoms with Crippen molar-refractivity contribution in [2.45, 2.75) is 30.8 Å². The largest absolute Gasteiger partial charge is 0.487 e.